The second-order valence-electron chi connectivity index (χ2n) is 7.16. The molecule has 2 aromatic carbocycles. The van der Waals surface area contributed by atoms with Gasteiger partial charge in [0.2, 0.25) is 0 Å². The normalized spacial score (nSPS) is 11.2. The van der Waals surface area contributed by atoms with Gasteiger partial charge in [0.15, 0.2) is 0 Å². The van der Waals surface area contributed by atoms with Gasteiger partial charge < -0.3 is 42.9 Å². The first-order valence-electron chi connectivity index (χ1n) is 9.82. The summed E-state index contributed by atoms with van der Waals surface area (Å²) in [6.07, 6.45) is 0. The van der Waals surface area contributed by atoms with Gasteiger partial charge in [0.1, 0.15) is 11.5 Å². The first kappa shape index (κ1) is 23.1. The lowest BCUT2D eigenvalue weighted by molar-refractivity contribution is 0.448. The maximum absolute atomic E-state index is 10.5. The molecule has 0 aliphatic rings. The van der Waals surface area contributed by atoms with E-state index in [2.05, 4.69) is 21.3 Å². The summed E-state index contributed by atoms with van der Waals surface area (Å²) in [7, 11) is 0. The van der Waals surface area contributed by atoms with Crippen LogP contribution in [0.5, 0.6) is 11.5 Å². The quantitative estimate of drug-likeness (QED) is 0.190. The number of aryl methyl sites for hydroxylation is 2. The van der Waals surface area contributed by atoms with Gasteiger partial charge in [-0.25, -0.2) is 0 Å². The van der Waals surface area contributed by atoms with Crippen LogP contribution in [0.2, 0.25) is 0 Å². The minimum absolute atomic E-state index is 0.289. The fourth-order valence-corrected chi connectivity index (χ4v) is 3.30. The highest BCUT2D eigenvalue weighted by Gasteiger charge is 2.10. The summed E-state index contributed by atoms with van der Waals surface area (Å²) in [4.78, 5) is 0. The molecule has 2 aromatic rings. The molecule has 29 heavy (non-hydrogen) atoms. The zero-order valence-electron chi connectivity index (χ0n) is 17.3. The van der Waals surface area contributed by atoms with Crippen LogP contribution < -0.4 is 32.7 Å². The number of nitrogens with two attached hydrogens (primary N) is 2. The molecule has 0 aliphatic heterocycles. The van der Waals surface area contributed by atoms with Crippen LogP contribution >= 0.6 is 0 Å². The van der Waals surface area contributed by atoms with E-state index in [1.54, 1.807) is 0 Å². The molecule has 2 rings (SSSR count). The number of hydrogen-bond donors (Lipinski definition) is 8. The number of rotatable bonds is 12. The number of benzene rings is 2. The zero-order chi connectivity index (χ0) is 21.2. The van der Waals surface area contributed by atoms with Crippen molar-refractivity contribution in [1.29, 1.82) is 0 Å². The Hall–Kier alpha value is -2.20. The minimum Gasteiger partial charge on any atom is -0.507 e. The topological polar surface area (TPSA) is 141 Å². The van der Waals surface area contributed by atoms with Crippen LogP contribution in [0.3, 0.4) is 0 Å². The van der Waals surface area contributed by atoms with E-state index >= 15 is 0 Å². The number of aromatic hydroxyl groups is 2. The lowest BCUT2D eigenvalue weighted by Gasteiger charge is -2.15. The Balaban J connectivity index is 1.89. The van der Waals surface area contributed by atoms with E-state index in [1.165, 1.54) is 0 Å². The van der Waals surface area contributed by atoms with Gasteiger partial charge in [-0.05, 0) is 13.8 Å². The summed E-state index contributed by atoms with van der Waals surface area (Å²) in [5.41, 5.74) is 16.5. The second kappa shape index (κ2) is 11.7. The van der Waals surface area contributed by atoms with Crippen LogP contribution in [0.25, 0.3) is 0 Å². The van der Waals surface area contributed by atoms with Gasteiger partial charge in [-0.1, -0.05) is 35.4 Å². The average molecular weight is 403 g/mol. The largest absolute Gasteiger partial charge is 0.507 e. The highest BCUT2D eigenvalue weighted by atomic mass is 16.3. The molecule has 10 N–H and O–H groups in total. The smallest absolute Gasteiger partial charge is 0.124 e. The SMILES string of the molecule is Cc1cc(CNCN)c(O)c(CNCNCc2cc(C)cc(CNCN)c2O)c1. The standard InChI is InChI=1S/C21H34N6O2/c1-14-3-16(7-24-11-22)20(28)18(5-14)9-26-13-27-10-19-6-15(2)4-17(21(19)29)8-25-12-23/h3-6,24-29H,7-13,22-23H2,1-2H3. The summed E-state index contributed by atoms with van der Waals surface area (Å²) in [5.74, 6) is 0.579. The molecule has 160 valence electrons. The molecule has 0 aliphatic carbocycles. The Morgan fingerprint density at radius 1 is 0.621 bits per heavy atom. The molecule has 0 bridgehead atoms. The van der Waals surface area contributed by atoms with Crippen molar-refractivity contribution in [3.8, 4) is 11.5 Å². The first-order valence-corrected chi connectivity index (χ1v) is 9.82. The molecule has 0 saturated carbocycles. The van der Waals surface area contributed by atoms with E-state index in [0.29, 0.717) is 46.2 Å². The second-order valence-corrected chi connectivity index (χ2v) is 7.16. The molecule has 0 unspecified atom stereocenters. The van der Waals surface area contributed by atoms with E-state index in [-0.39, 0.29) is 11.5 Å². The van der Waals surface area contributed by atoms with Gasteiger partial charge in [-0.2, -0.15) is 0 Å². The van der Waals surface area contributed by atoms with E-state index in [1.807, 2.05) is 38.1 Å². The van der Waals surface area contributed by atoms with Crippen LogP contribution in [-0.4, -0.2) is 30.2 Å². The van der Waals surface area contributed by atoms with Crippen LogP contribution in [0.4, 0.5) is 0 Å². The summed E-state index contributed by atoms with van der Waals surface area (Å²) in [6, 6.07) is 7.85. The lowest BCUT2D eigenvalue weighted by Crippen LogP contribution is -2.28. The fraction of sp³-hybridized carbons (Fsp3) is 0.429. The van der Waals surface area contributed by atoms with Crippen LogP contribution in [-0.2, 0) is 26.2 Å². The predicted octanol–water partition coefficient (Wildman–Crippen LogP) is 0.563. The third kappa shape index (κ3) is 6.97. The molecular weight excluding hydrogens is 368 g/mol. The van der Waals surface area contributed by atoms with Crippen molar-refractivity contribution in [3.63, 3.8) is 0 Å². The highest BCUT2D eigenvalue weighted by molar-refractivity contribution is 5.44. The summed E-state index contributed by atoms with van der Waals surface area (Å²) in [6.45, 7) is 7.39. The van der Waals surface area contributed by atoms with Crippen LogP contribution in [0.15, 0.2) is 24.3 Å². The lowest BCUT2D eigenvalue weighted by atomic mass is 10.0. The molecule has 0 heterocycles. The van der Waals surface area contributed by atoms with E-state index in [0.717, 1.165) is 33.4 Å². The number of phenols is 2. The van der Waals surface area contributed by atoms with Crippen molar-refractivity contribution in [2.24, 2.45) is 11.5 Å². The minimum atomic E-state index is 0.289. The van der Waals surface area contributed by atoms with E-state index in [9.17, 15) is 10.2 Å². The van der Waals surface area contributed by atoms with Gasteiger partial charge in [0, 0.05) is 68.4 Å². The third-order valence-corrected chi connectivity index (χ3v) is 4.62. The van der Waals surface area contributed by atoms with Crippen molar-refractivity contribution >= 4 is 0 Å². The first-order chi connectivity index (χ1) is 14.0. The van der Waals surface area contributed by atoms with Crippen LogP contribution in [0.1, 0.15) is 33.4 Å². The molecule has 0 fully saturated rings. The van der Waals surface area contributed by atoms with Gasteiger partial charge in [0.25, 0.3) is 0 Å². The molecule has 0 aromatic heterocycles. The number of nitrogens with one attached hydrogen (secondary N) is 4. The Kier molecular flexibility index (Phi) is 9.33. The van der Waals surface area contributed by atoms with Crippen molar-refractivity contribution in [2.75, 3.05) is 20.0 Å². The molecule has 0 saturated heterocycles. The summed E-state index contributed by atoms with van der Waals surface area (Å²) < 4.78 is 0. The Morgan fingerprint density at radius 3 is 1.24 bits per heavy atom. The predicted molar refractivity (Wildman–Crippen MR) is 116 cm³/mol. The van der Waals surface area contributed by atoms with Crippen molar-refractivity contribution < 1.29 is 10.2 Å². The summed E-state index contributed by atoms with van der Waals surface area (Å²) >= 11 is 0. The highest BCUT2D eigenvalue weighted by Crippen LogP contribution is 2.25. The van der Waals surface area contributed by atoms with E-state index < -0.39 is 0 Å². The molecule has 0 atom stereocenters. The van der Waals surface area contributed by atoms with Gasteiger partial charge in [-0.3, -0.25) is 0 Å². The van der Waals surface area contributed by atoms with E-state index in [4.69, 9.17) is 11.5 Å². The maximum atomic E-state index is 10.5. The molecular formula is C21H34N6O2. The van der Waals surface area contributed by atoms with Gasteiger partial charge >= 0.3 is 0 Å². The third-order valence-electron chi connectivity index (χ3n) is 4.62. The Morgan fingerprint density at radius 2 is 0.931 bits per heavy atom. The molecule has 8 nitrogen and oxygen atoms in total. The zero-order valence-corrected chi connectivity index (χ0v) is 17.3. The maximum Gasteiger partial charge on any atom is 0.124 e. The van der Waals surface area contributed by atoms with Crippen LogP contribution in [0, 0.1) is 13.8 Å². The molecule has 0 radical (unpaired) electrons. The Labute approximate surface area is 172 Å². The molecule has 8 heteroatoms. The van der Waals surface area contributed by atoms with Gasteiger partial charge in [0.05, 0.1) is 0 Å². The number of phenolic OH excluding ortho intramolecular Hbond substituents is 2. The molecule has 0 amide bonds. The van der Waals surface area contributed by atoms with Crippen molar-refractivity contribution in [2.45, 2.75) is 40.0 Å². The number of hydrogen-bond acceptors (Lipinski definition) is 8. The van der Waals surface area contributed by atoms with Crippen molar-refractivity contribution in [3.05, 3.63) is 57.6 Å². The van der Waals surface area contributed by atoms with Crippen molar-refractivity contribution in [1.82, 2.24) is 21.3 Å². The monoisotopic (exact) mass is 402 g/mol. The Bertz CT molecular complexity index is 732. The average Bonchev–Trinajstić information content (AvgIpc) is 2.69. The summed E-state index contributed by atoms with van der Waals surface area (Å²) in [5, 5.41) is 33.5. The molecule has 0 spiro atoms. The fourth-order valence-electron chi connectivity index (χ4n) is 3.30. The van der Waals surface area contributed by atoms with Gasteiger partial charge in [-0.15, -0.1) is 0 Å².